The SMILES string of the molecule is CCCOc1ccc(C(O)CN2CCCCCC2)cc1. The second-order valence-corrected chi connectivity index (χ2v) is 5.65. The second kappa shape index (κ2) is 8.28. The molecule has 1 aliphatic rings. The molecule has 0 radical (unpaired) electrons. The van der Waals surface area contributed by atoms with Crippen LogP contribution < -0.4 is 4.74 Å². The Morgan fingerprint density at radius 3 is 2.35 bits per heavy atom. The van der Waals surface area contributed by atoms with Crippen molar-refractivity contribution in [2.45, 2.75) is 45.1 Å². The fourth-order valence-electron chi connectivity index (χ4n) is 2.67. The number of aliphatic hydroxyl groups excluding tert-OH is 1. The molecule has 0 saturated carbocycles. The Labute approximate surface area is 122 Å². The molecule has 0 aliphatic carbocycles. The number of hydrogen-bond donors (Lipinski definition) is 1. The predicted molar refractivity (Wildman–Crippen MR) is 82.1 cm³/mol. The van der Waals surface area contributed by atoms with E-state index in [0.717, 1.165) is 44.0 Å². The van der Waals surface area contributed by atoms with Gasteiger partial charge in [0.25, 0.3) is 0 Å². The molecule has 1 aliphatic heterocycles. The summed E-state index contributed by atoms with van der Waals surface area (Å²) >= 11 is 0. The van der Waals surface area contributed by atoms with Gasteiger partial charge in [-0.2, -0.15) is 0 Å². The molecule has 1 aromatic carbocycles. The molecule has 1 N–H and O–H groups in total. The number of likely N-dealkylation sites (tertiary alicyclic amines) is 1. The van der Waals surface area contributed by atoms with E-state index in [1.807, 2.05) is 24.3 Å². The van der Waals surface area contributed by atoms with E-state index in [0.29, 0.717) is 0 Å². The lowest BCUT2D eigenvalue weighted by atomic mass is 10.1. The van der Waals surface area contributed by atoms with Crippen LogP contribution in [-0.2, 0) is 0 Å². The molecule has 3 nitrogen and oxygen atoms in total. The third-order valence-corrected chi connectivity index (χ3v) is 3.87. The molecular weight excluding hydrogens is 250 g/mol. The van der Waals surface area contributed by atoms with E-state index in [9.17, 15) is 5.11 Å². The molecule has 1 unspecified atom stereocenters. The molecule has 112 valence electrons. The Bertz CT molecular complexity index is 369. The van der Waals surface area contributed by atoms with Crippen molar-refractivity contribution in [3.05, 3.63) is 29.8 Å². The Kier molecular flexibility index (Phi) is 6.34. The van der Waals surface area contributed by atoms with Crippen molar-refractivity contribution in [1.82, 2.24) is 4.90 Å². The summed E-state index contributed by atoms with van der Waals surface area (Å²) in [6, 6.07) is 7.87. The lowest BCUT2D eigenvalue weighted by Gasteiger charge is -2.23. The third-order valence-electron chi connectivity index (χ3n) is 3.87. The highest BCUT2D eigenvalue weighted by molar-refractivity contribution is 5.28. The van der Waals surface area contributed by atoms with Crippen molar-refractivity contribution in [2.75, 3.05) is 26.2 Å². The first-order valence-corrected chi connectivity index (χ1v) is 7.93. The Morgan fingerprint density at radius 2 is 1.75 bits per heavy atom. The van der Waals surface area contributed by atoms with Crippen LogP contribution in [0.1, 0.15) is 50.7 Å². The zero-order valence-electron chi connectivity index (χ0n) is 12.6. The van der Waals surface area contributed by atoms with Crippen LogP contribution in [0.5, 0.6) is 5.75 Å². The van der Waals surface area contributed by atoms with Crippen LogP contribution in [0, 0.1) is 0 Å². The first kappa shape index (κ1) is 15.3. The van der Waals surface area contributed by atoms with Gasteiger partial charge in [0.2, 0.25) is 0 Å². The molecule has 1 atom stereocenters. The normalized spacial score (nSPS) is 18.5. The molecule has 1 saturated heterocycles. The first-order chi connectivity index (χ1) is 9.79. The summed E-state index contributed by atoms with van der Waals surface area (Å²) in [4.78, 5) is 2.39. The maximum Gasteiger partial charge on any atom is 0.119 e. The van der Waals surface area contributed by atoms with Crippen molar-refractivity contribution >= 4 is 0 Å². The zero-order chi connectivity index (χ0) is 14.2. The number of hydrogen-bond acceptors (Lipinski definition) is 3. The summed E-state index contributed by atoms with van der Waals surface area (Å²) in [5, 5.41) is 10.3. The highest BCUT2D eigenvalue weighted by Gasteiger charge is 2.15. The van der Waals surface area contributed by atoms with Crippen LogP contribution >= 0.6 is 0 Å². The molecule has 0 bridgehead atoms. The van der Waals surface area contributed by atoms with Crippen molar-refractivity contribution in [3.63, 3.8) is 0 Å². The Balaban J connectivity index is 1.86. The zero-order valence-corrected chi connectivity index (χ0v) is 12.6. The van der Waals surface area contributed by atoms with Gasteiger partial charge in [-0.25, -0.2) is 0 Å². The van der Waals surface area contributed by atoms with E-state index in [1.165, 1.54) is 25.7 Å². The minimum absolute atomic E-state index is 0.395. The second-order valence-electron chi connectivity index (χ2n) is 5.65. The van der Waals surface area contributed by atoms with Gasteiger partial charge in [-0.1, -0.05) is 31.9 Å². The first-order valence-electron chi connectivity index (χ1n) is 7.93. The van der Waals surface area contributed by atoms with Crippen LogP contribution in [-0.4, -0.2) is 36.2 Å². The van der Waals surface area contributed by atoms with Crippen LogP contribution in [0.4, 0.5) is 0 Å². The van der Waals surface area contributed by atoms with Crippen LogP contribution in [0.3, 0.4) is 0 Å². The lowest BCUT2D eigenvalue weighted by molar-refractivity contribution is 0.115. The monoisotopic (exact) mass is 277 g/mol. The van der Waals surface area contributed by atoms with E-state index < -0.39 is 6.10 Å². The molecule has 3 heteroatoms. The fourth-order valence-corrected chi connectivity index (χ4v) is 2.67. The van der Waals surface area contributed by atoms with Crippen molar-refractivity contribution in [1.29, 1.82) is 0 Å². The minimum Gasteiger partial charge on any atom is -0.494 e. The number of rotatable bonds is 6. The number of ether oxygens (including phenoxy) is 1. The molecular formula is C17H27NO2. The van der Waals surface area contributed by atoms with Crippen molar-refractivity contribution < 1.29 is 9.84 Å². The summed E-state index contributed by atoms with van der Waals surface area (Å²) < 4.78 is 5.56. The summed E-state index contributed by atoms with van der Waals surface area (Å²) in [5.41, 5.74) is 0.984. The van der Waals surface area contributed by atoms with Crippen LogP contribution in [0.15, 0.2) is 24.3 Å². The number of nitrogens with zero attached hydrogens (tertiary/aromatic N) is 1. The van der Waals surface area contributed by atoms with Gasteiger partial charge >= 0.3 is 0 Å². The Morgan fingerprint density at radius 1 is 1.10 bits per heavy atom. The van der Waals surface area contributed by atoms with E-state index >= 15 is 0 Å². The summed E-state index contributed by atoms with van der Waals surface area (Å²) in [6.45, 7) is 5.83. The lowest BCUT2D eigenvalue weighted by Crippen LogP contribution is -2.29. The number of benzene rings is 1. The van der Waals surface area contributed by atoms with Gasteiger partial charge in [0.05, 0.1) is 12.7 Å². The maximum absolute atomic E-state index is 10.3. The quantitative estimate of drug-likeness (QED) is 0.865. The molecule has 1 heterocycles. The molecule has 0 aromatic heterocycles. The van der Waals surface area contributed by atoms with Gasteiger partial charge in [0, 0.05) is 6.54 Å². The van der Waals surface area contributed by atoms with Crippen molar-refractivity contribution in [2.24, 2.45) is 0 Å². The molecule has 0 spiro atoms. The highest BCUT2D eigenvalue weighted by atomic mass is 16.5. The average Bonchev–Trinajstić information content (AvgIpc) is 2.74. The summed E-state index contributed by atoms with van der Waals surface area (Å²) in [6.07, 6.45) is 5.80. The van der Waals surface area contributed by atoms with E-state index in [1.54, 1.807) is 0 Å². The number of β-amino-alcohol motifs (C(OH)–C–C–N with tert-alkyl or cyclic N) is 1. The minimum atomic E-state index is -0.395. The summed E-state index contributed by atoms with van der Waals surface area (Å²) in [7, 11) is 0. The third kappa shape index (κ3) is 4.80. The predicted octanol–water partition coefficient (Wildman–Crippen LogP) is 3.38. The van der Waals surface area contributed by atoms with Crippen molar-refractivity contribution in [3.8, 4) is 5.75 Å². The maximum atomic E-state index is 10.3. The summed E-state index contributed by atoms with van der Waals surface area (Å²) in [5.74, 6) is 0.887. The smallest absolute Gasteiger partial charge is 0.119 e. The molecule has 1 aromatic rings. The fraction of sp³-hybridized carbons (Fsp3) is 0.647. The van der Waals surface area contributed by atoms with Gasteiger partial charge in [0.1, 0.15) is 5.75 Å². The van der Waals surface area contributed by atoms with E-state index in [2.05, 4.69) is 11.8 Å². The highest BCUT2D eigenvalue weighted by Crippen LogP contribution is 2.20. The van der Waals surface area contributed by atoms with Gasteiger partial charge < -0.3 is 14.7 Å². The molecule has 2 rings (SSSR count). The standard InChI is InChI=1S/C17H27NO2/c1-2-13-20-16-9-7-15(8-10-16)17(19)14-18-11-5-3-4-6-12-18/h7-10,17,19H,2-6,11-14H2,1H3. The average molecular weight is 277 g/mol. The van der Waals surface area contributed by atoms with Gasteiger partial charge in [-0.05, 0) is 50.0 Å². The Hall–Kier alpha value is -1.06. The van der Waals surface area contributed by atoms with Crippen LogP contribution in [0.2, 0.25) is 0 Å². The number of aliphatic hydroxyl groups is 1. The van der Waals surface area contributed by atoms with E-state index in [-0.39, 0.29) is 0 Å². The van der Waals surface area contributed by atoms with Gasteiger partial charge in [0.15, 0.2) is 0 Å². The topological polar surface area (TPSA) is 32.7 Å². The van der Waals surface area contributed by atoms with Gasteiger partial charge in [-0.15, -0.1) is 0 Å². The largest absolute Gasteiger partial charge is 0.494 e. The molecule has 20 heavy (non-hydrogen) atoms. The van der Waals surface area contributed by atoms with E-state index in [4.69, 9.17) is 4.74 Å². The van der Waals surface area contributed by atoms with Crippen LogP contribution in [0.25, 0.3) is 0 Å². The molecule has 0 amide bonds. The van der Waals surface area contributed by atoms with Gasteiger partial charge in [-0.3, -0.25) is 0 Å². The molecule has 1 fully saturated rings.